The number of nitrogens with one attached hydrogen (secondary N) is 1. The highest BCUT2D eigenvalue weighted by molar-refractivity contribution is 5.79. The van der Waals surface area contributed by atoms with Crippen molar-refractivity contribution in [3.05, 3.63) is 96.2 Å². The van der Waals surface area contributed by atoms with Crippen LogP contribution in [0.5, 0.6) is 0 Å². The fourth-order valence-corrected chi connectivity index (χ4v) is 4.02. The van der Waals surface area contributed by atoms with Gasteiger partial charge in [-0.05, 0) is 30.3 Å². The van der Waals surface area contributed by atoms with E-state index in [2.05, 4.69) is 9.97 Å². The van der Waals surface area contributed by atoms with E-state index in [1.165, 1.54) is 24.5 Å². The number of hydrogen-bond acceptors (Lipinski definition) is 8. The number of hydrogen-bond donors (Lipinski definition) is 2. The summed E-state index contributed by atoms with van der Waals surface area (Å²) in [7, 11) is 0. The van der Waals surface area contributed by atoms with Gasteiger partial charge in [0, 0.05) is 55.0 Å². The Morgan fingerprint density at radius 1 is 1.18 bits per heavy atom. The molecule has 166 valence electrons. The van der Waals surface area contributed by atoms with E-state index in [0.717, 1.165) is 11.3 Å². The number of nitrogens with two attached hydrogens (primary N) is 1. The Morgan fingerprint density at radius 2 is 1.97 bits per heavy atom. The molecule has 4 aromatic rings. The minimum absolute atomic E-state index is 0.159. The monoisotopic (exact) mass is 445 g/mol. The summed E-state index contributed by atoms with van der Waals surface area (Å²) in [5.41, 5.74) is 8.35. The van der Waals surface area contributed by atoms with Gasteiger partial charge in [0.2, 0.25) is 0 Å². The van der Waals surface area contributed by atoms with Gasteiger partial charge >= 0.3 is 0 Å². The summed E-state index contributed by atoms with van der Waals surface area (Å²) >= 11 is 0. The Hall–Kier alpha value is -4.31. The van der Waals surface area contributed by atoms with Crippen LogP contribution in [-0.4, -0.2) is 26.3 Å². The third-order valence-corrected chi connectivity index (χ3v) is 5.76. The van der Waals surface area contributed by atoms with Crippen LogP contribution in [0.25, 0.3) is 22.4 Å². The molecule has 0 aliphatic carbocycles. The minimum atomic E-state index is -0.551. The van der Waals surface area contributed by atoms with E-state index in [1.807, 2.05) is 4.90 Å². The molecule has 0 saturated carbocycles. The van der Waals surface area contributed by atoms with Gasteiger partial charge in [-0.25, -0.2) is 4.98 Å². The number of nitrogens with zero attached hydrogens (tertiary/aromatic N) is 3. The molecular weight excluding hydrogens is 426 g/mol. The number of nitrogen functional groups attached to an aromatic ring is 1. The summed E-state index contributed by atoms with van der Waals surface area (Å²) in [6, 6.07) is 11.0. The highest BCUT2D eigenvalue weighted by Crippen LogP contribution is 2.22. The molecule has 3 N–H and O–H groups in total. The second-order valence-electron chi connectivity index (χ2n) is 7.95. The molecule has 10 nitrogen and oxygen atoms in total. The van der Waals surface area contributed by atoms with E-state index in [9.17, 15) is 19.7 Å². The molecule has 0 amide bonds. The number of H-pyrrole nitrogens is 1. The fourth-order valence-electron chi connectivity index (χ4n) is 4.02. The van der Waals surface area contributed by atoms with Crippen LogP contribution in [0, 0.1) is 10.1 Å². The van der Waals surface area contributed by atoms with Crippen LogP contribution in [0.1, 0.15) is 16.8 Å². The summed E-state index contributed by atoms with van der Waals surface area (Å²) in [5.74, 6) is 0.490. The highest BCUT2D eigenvalue weighted by atomic mass is 16.6. The van der Waals surface area contributed by atoms with Crippen LogP contribution in [0.3, 0.4) is 0 Å². The molecule has 0 saturated heterocycles. The van der Waals surface area contributed by atoms with Crippen LogP contribution >= 0.6 is 0 Å². The lowest BCUT2D eigenvalue weighted by atomic mass is 10.1. The minimum Gasteiger partial charge on any atom is -0.464 e. The van der Waals surface area contributed by atoms with Crippen molar-refractivity contribution in [2.75, 3.05) is 12.3 Å². The molecule has 2 aromatic carbocycles. The summed E-state index contributed by atoms with van der Waals surface area (Å²) in [5, 5.41) is 11.2. The number of aromatic nitrogens is 2. The van der Waals surface area contributed by atoms with Gasteiger partial charge in [0.1, 0.15) is 11.4 Å². The standard InChI is InChI=1S/C23H19N5O5/c24-15-3-1-13(2-4-15)22-25-19-7-8-27(11-18(19)23(30)26-22)10-14-12-33-20-6-5-16(28(31)32)9-17(20)21(14)29/h1-6,9,12H,7-8,10-11,24H2,(H,25,26,30). The highest BCUT2D eigenvalue weighted by Gasteiger charge is 2.23. The van der Waals surface area contributed by atoms with E-state index >= 15 is 0 Å². The zero-order chi connectivity index (χ0) is 23.1. The summed E-state index contributed by atoms with van der Waals surface area (Å²) in [6.07, 6.45) is 1.92. The van der Waals surface area contributed by atoms with Crippen LogP contribution in [0.2, 0.25) is 0 Å². The predicted molar refractivity (Wildman–Crippen MR) is 122 cm³/mol. The average molecular weight is 445 g/mol. The maximum Gasteiger partial charge on any atom is 0.270 e. The molecule has 1 aliphatic heterocycles. The maximum absolute atomic E-state index is 12.9. The van der Waals surface area contributed by atoms with Crippen molar-refractivity contribution >= 4 is 22.3 Å². The molecule has 5 rings (SSSR count). The first kappa shape index (κ1) is 20.6. The van der Waals surface area contributed by atoms with E-state index in [1.54, 1.807) is 24.3 Å². The molecule has 0 radical (unpaired) electrons. The molecule has 10 heteroatoms. The van der Waals surface area contributed by atoms with Crippen molar-refractivity contribution in [1.29, 1.82) is 0 Å². The molecule has 0 fully saturated rings. The van der Waals surface area contributed by atoms with Crippen molar-refractivity contribution in [2.24, 2.45) is 0 Å². The number of nitro benzene ring substituents is 1. The zero-order valence-corrected chi connectivity index (χ0v) is 17.4. The number of non-ortho nitro benzene ring substituents is 1. The quantitative estimate of drug-likeness (QED) is 0.277. The van der Waals surface area contributed by atoms with Gasteiger partial charge in [0.15, 0.2) is 5.43 Å². The molecule has 0 spiro atoms. The van der Waals surface area contributed by atoms with Crippen molar-refractivity contribution in [3.8, 4) is 11.4 Å². The van der Waals surface area contributed by atoms with Crippen molar-refractivity contribution < 1.29 is 9.34 Å². The fraction of sp³-hybridized carbons (Fsp3) is 0.174. The van der Waals surface area contributed by atoms with Gasteiger partial charge in [0.05, 0.1) is 27.8 Å². The molecule has 0 bridgehead atoms. The zero-order valence-electron chi connectivity index (χ0n) is 17.4. The molecular formula is C23H19N5O5. The second-order valence-corrected chi connectivity index (χ2v) is 7.95. The summed E-state index contributed by atoms with van der Waals surface area (Å²) in [6.45, 7) is 1.17. The average Bonchev–Trinajstić information content (AvgIpc) is 2.81. The first-order valence-corrected chi connectivity index (χ1v) is 10.3. The van der Waals surface area contributed by atoms with E-state index in [4.69, 9.17) is 10.2 Å². The van der Waals surface area contributed by atoms with Gasteiger partial charge in [-0.15, -0.1) is 0 Å². The number of benzene rings is 2. The Balaban J connectivity index is 1.42. The smallest absolute Gasteiger partial charge is 0.270 e. The van der Waals surface area contributed by atoms with Gasteiger partial charge in [-0.1, -0.05) is 0 Å². The second kappa shape index (κ2) is 7.99. The third-order valence-electron chi connectivity index (χ3n) is 5.76. The summed E-state index contributed by atoms with van der Waals surface area (Å²) < 4.78 is 5.53. The number of rotatable bonds is 4. The molecule has 2 aromatic heterocycles. The number of anilines is 1. The van der Waals surface area contributed by atoms with Gasteiger partial charge in [-0.3, -0.25) is 24.6 Å². The molecule has 0 atom stereocenters. The van der Waals surface area contributed by atoms with E-state index in [0.29, 0.717) is 42.1 Å². The van der Waals surface area contributed by atoms with Crippen molar-refractivity contribution in [3.63, 3.8) is 0 Å². The summed E-state index contributed by atoms with van der Waals surface area (Å²) in [4.78, 5) is 45.6. The molecule has 0 unspecified atom stereocenters. The first-order chi connectivity index (χ1) is 15.9. The molecule has 1 aliphatic rings. The van der Waals surface area contributed by atoms with Gasteiger partial charge < -0.3 is 15.1 Å². The predicted octanol–water partition coefficient (Wildman–Crippen LogP) is 2.59. The van der Waals surface area contributed by atoms with Gasteiger partial charge in [-0.2, -0.15) is 0 Å². The van der Waals surface area contributed by atoms with Crippen molar-refractivity contribution in [1.82, 2.24) is 14.9 Å². The van der Waals surface area contributed by atoms with Crippen LogP contribution in [0.4, 0.5) is 11.4 Å². The number of fused-ring (bicyclic) bond motifs is 2. The maximum atomic E-state index is 12.9. The van der Waals surface area contributed by atoms with Gasteiger partial charge in [0.25, 0.3) is 11.2 Å². The lowest BCUT2D eigenvalue weighted by molar-refractivity contribution is -0.384. The molecule has 3 heterocycles. The Morgan fingerprint density at radius 3 is 2.73 bits per heavy atom. The number of nitro groups is 1. The Labute approximate surface area is 186 Å². The van der Waals surface area contributed by atoms with E-state index in [-0.39, 0.29) is 34.2 Å². The largest absolute Gasteiger partial charge is 0.464 e. The van der Waals surface area contributed by atoms with Crippen molar-refractivity contribution in [2.45, 2.75) is 19.5 Å². The third kappa shape index (κ3) is 3.87. The molecule has 33 heavy (non-hydrogen) atoms. The number of aromatic amines is 1. The van der Waals surface area contributed by atoms with E-state index < -0.39 is 4.92 Å². The lowest BCUT2D eigenvalue weighted by Gasteiger charge is -2.27. The first-order valence-electron chi connectivity index (χ1n) is 10.3. The lowest BCUT2D eigenvalue weighted by Crippen LogP contribution is -2.36. The Kier molecular flexibility index (Phi) is 4.98. The van der Waals surface area contributed by atoms with Crippen LogP contribution < -0.4 is 16.7 Å². The van der Waals surface area contributed by atoms with Crippen LogP contribution in [0.15, 0.2) is 62.7 Å². The SMILES string of the molecule is Nc1ccc(-c2nc3c(c(=O)[nH]2)CN(Cc2coc4ccc([N+](=O)[O-])cc4c2=O)CC3)cc1. The van der Waals surface area contributed by atoms with Crippen LogP contribution in [-0.2, 0) is 19.5 Å². The normalized spacial score (nSPS) is 13.7. The Bertz CT molecular complexity index is 1510. The topological polar surface area (TPSA) is 148 Å².